The van der Waals surface area contributed by atoms with Crippen molar-refractivity contribution >= 4 is 30.0 Å². The topological polar surface area (TPSA) is 154 Å². The van der Waals surface area contributed by atoms with Gasteiger partial charge in [0.1, 0.15) is 11.2 Å². The molecule has 0 fully saturated rings. The monoisotopic (exact) mass is 512 g/mol. The fourth-order valence-corrected chi connectivity index (χ4v) is 3.23. The number of alkyl carbamates (subject to hydrolysis) is 2. The van der Waals surface area contributed by atoms with Gasteiger partial charge in [0, 0.05) is 25.5 Å². The van der Waals surface area contributed by atoms with E-state index in [-0.39, 0.29) is 23.9 Å². The van der Waals surface area contributed by atoms with E-state index in [1.54, 1.807) is 47.6 Å². The number of carbonyl (C=O) groups excluding carboxylic acids is 4. The van der Waals surface area contributed by atoms with E-state index >= 15 is 0 Å². The summed E-state index contributed by atoms with van der Waals surface area (Å²) in [4.78, 5) is 53.8. The van der Waals surface area contributed by atoms with Gasteiger partial charge in [0.15, 0.2) is 0 Å². The number of esters is 1. The van der Waals surface area contributed by atoms with Crippen LogP contribution in [0.15, 0.2) is 16.6 Å². The first kappa shape index (κ1) is 30.9. The summed E-state index contributed by atoms with van der Waals surface area (Å²) in [7, 11) is 1.25. The smallest absolute Gasteiger partial charge is 0.414 e. The number of guanidine groups is 1. The Morgan fingerprint density at radius 1 is 1.00 bits per heavy atom. The summed E-state index contributed by atoms with van der Waals surface area (Å²) in [5, 5.41) is 7.63. The minimum atomic E-state index is -0.869. The number of nitrogens with zero attached hydrogens (tertiary/aromatic N) is 1. The van der Waals surface area contributed by atoms with Crippen LogP contribution in [0.25, 0.3) is 0 Å². The number of ether oxygens (including phenoxy) is 4. The predicted octanol–water partition coefficient (Wildman–Crippen LogP) is 2.56. The third kappa shape index (κ3) is 11.5. The molecule has 36 heavy (non-hydrogen) atoms. The Balaban J connectivity index is 3.45. The SMILES string of the molecule is CCCO[C@@H]1C=C(C(=O)OC)C[C@H](N=C(NC(=O)OC(C)(C)C)NC(=O)OC(C)(C)C)[C@H]1NC(C)=O. The Kier molecular flexibility index (Phi) is 11.4. The number of hydrogen-bond donors (Lipinski definition) is 3. The predicted molar refractivity (Wildman–Crippen MR) is 132 cm³/mol. The minimum absolute atomic E-state index is 0.0408. The van der Waals surface area contributed by atoms with E-state index in [2.05, 4.69) is 20.9 Å². The van der Waals surface area contributed by atoms with E-state index in [4.69, 9.17) is 18.9 Å². The van der Waals surface area contributed by atoms with Gasteiger partial charge >= 0.3 is 18.2 Å². The van der Waals surface area contributed by atoms with Crippen LogP contribution in [-0.2, 0) is 28.5 Å². The highest BCUT2D eigenvalue weighted by Gasteiger charge is 2.37. The summed E-state index contributed by atoms with van der Waals surface area (Å²) in [6.07, 6.45) is -0.118. The molecule has 12 heteroatoms. The molecule has 0 saturated heterocycles. The number of rotatable bonds is 6. The third-order valence-corrected chi connectivity index (χ3v) is 4.43. The number of hydrogen-bond acceptors (Lipinski definition) is 9. The maximum Gasteiger partial charge on any atom is 0.414 e. The Labute approximate surface area is 212 Å². The van der Waals surface area contributed by atoms with Crippen LogP contribution in [0.5, 0.6) is 0 Å². The largest absolute Gasteiger partial charge is 0.466 e. The number of methoxy groups -OCH3 is 1. The second-order valence-electron chi connectivity index (χ2n) is 10.2. The average molecular weight is 513 g/mol. The Bertz CT molecular complexity index is 838. The third-order valence-electron chi connectivity index (χ3n) is 4.43. The lowest BCUT2D eigenvalue weighted by atomic mass is 9.88. The van der Waals surface area contributed by atoms with Crippen molar-refractivity contribution in [2.24, 2.45) is 4.99 Å². The van der Waals surface area contributed by atoms with Crippen LogP contribution in [0.1, 0.15) is 68.2 Å². The molecule has 0 spiro atoms. The van der Waals surface area contributed by atoms with Crippen LogP contribution in [0.3, 0.4) is 0 Å². The molecule has 0 heterocycles. The molecule has 0 radical (unpaired) electrons. The number of amides is 3. The van der Waals surface area contributed by atoms with Crippen molar-refractivity contribution < 1.29 is 38.1 Å². The summed E-state index contributed by atoms with van der Waals surface area (Å²) >= 11 is 0. The first-order chi connectivity index (χ1) is 16.5. The molecule has 0 aliphatic heterocycles. The zero-order chi connectivity index (χ0) is 27.7. The first-order valence-electron chi connectivity index (χ1n) is 11.8. The summed E-state index contributed by atoms with van der Waals surface area (Å²) in [5.41, 5.74) is -1.35. The fourth-order valence-electron chi connectivity index (χ4n) is 3.23. The van der Waals surface area contributed by atoms with Crippen LogP contribution in [0.4, 0.5) is 9.59 Å². The van der Waals surface area contributed by atoms with Crippen molar-refractivity contribution in [3.05, 3.63) is 11.6 Å². The highest BCUT2D eigenvalue weighted by atomic mass is 16.6. The van der Waals surface area contributed by atoms with Crippen LogP contribution < -0.4 is 16.0 Å². The van der Waals surface area contributed by atoms with Gasteiger partial charge in [-0.2, -0.15) is 0 Å². The lowest BCUT2D eigenvalue weighted by Gasteiger charge is -2.35. The Morgan fingerprint density at radius 3 is 1.94 bits per heavy atom. The molecule has 0 aromatic carbocycles. The highest BCUT2D eigenvalue weighted by molar-refractivity contribution is 6.01. The number of aliphatic imine (C=N–C) groups is 1. The van der Waals surface area contributed by atoms with Crippen LogP contribution >= 0.6 is 0 Å². The molecule has 0 saturated carbocycles. The van der Waals surface area contributed by atoms with Gasteiger partial charge in [-0.25, -0.2) is 19.4 Å². The molecule has 3 N–H and O–H groups in total. The normalized spacial score (nSPS) is 19.8. The van der Waals surface area contributed by atoms with Gasteiger partial charge < -0.3 is 24.3 Å². The summed E-state index contributed by atoms with van der Waals surface area (Å²) in [5.74, 6) is -1.20. The zero-order valence-electron chi connectivity index (χ0n) is 22.6. The molecule has 1 aliphatic rings. The minimum Gasteiger partial charge on any atom is -0.466 e. The quantitative estimate of drug-likeness (QED) is 0.212. The molecule has 12 nitrogen and oxygen atoms in total. The van der Waals surface area contributed by atoms with E-state index in [9.17, 15) is 19.2 Å². The van der Waals surface area contributed by atoms with Gasteiger partial charge in [-0.1, -0.05) is 6.92 Å². The van der Waals surface area contributed by atoms with E-state index in [1.165, 1.54) is 14.0 Å². The van der Waals surface area contributed by atoms with Gasteiger partial charge in [-0.3, -0.25) is 15.4 Å². The van der Waals surface area contributed by atoms with Crippen LogP contribution in [0, 0.1) is 0 Å². The summed E-state index contributed by atoms with van der Waals surface area (Å²) < 4.78 is 21.3. The van der Waals surface area contributed by atoms with Crippen molar-refractivity contribution in [2.45, 2.75) is 97.6 Å². The maximum atomic E-state index is 12.5. The maximum absolute atomic E-state index is 12.5. The second-order valence-corrected chi connectivity index (χ2v) is 10.2. The molecule has 3 amide bonds. The Hall–Kier alpha value is -3.15. The summed E-state index contributed by atoms with van der Waals surface area (Å²) in [6.45, 7) is 13.7. The van der Waals surface area contributed by atoms with Crippen molar-refractivity contribution in [1.82, 2.24) is 16.0 Å². The highest BCUT2D eigenvalue weighted by Crippen LogP contribution is 2.25. The molecule has 1 aliphatic carbocycles. The van der Waals surface area contributed by atoms with Gasteiger partial charge in [-0.05, 0) is 54.0 Å². The van der Waals surface area contributed by atoms with Gasteiger partial charge in [0.2, 0.25) is 11.9 Å². The van der Waals surface area contributed by atoms with Crippen molar-refractivity contribution in [3.63, 3.8) is 0 Å². The van der Waals surface area contributed by atoms with E-state index in [0.717, 1.165) is 0 Å². The van der Waals surface area contributed by atoms with Crippen molar-refractivity contribution in [2.75, 3.05) is 13.7 Å². The van der Waals surface area contributed by atoms with Gasteiger partial charge in [0.05, 0.1) is 25.3 Å². The van der Waals surface area contributed by atoms with E-state index < -0.39 is 47.5 Å². The molecule has 1 rings (SSSR count). The molecule has 0 aromatic rings. The number of carbonyl (C=O) groups is 4. The van der Waals surface area contributed by atoms with Gasteiger partial charge in [0.25, 0.3) is 0 Å². The summed E-state index contributed by atoms with van der Waals surface area (Å²) in [6, 6.07) is -1.53. The average Bonchev–Trinajstić information content (AvgIpc) is 2.69. The van der Waals surface area contributed by atoms with E-state index in [1.807, 2.05) is 6.92 Å². The molecule has 0 bridgehead atoms. The molecule has 0 aromatic heterocycles. The lowest BCUT2D eigenvalue weighted by Crippen LogP contribution is -2.54. The first-order valence-corrected chi connectivity index (χ1v) is 11.8. The Morgan fingerprint density at radius 2 is 1.53 bits per heavy atom. The molecular formula is C24H40N4O8. The fraction of sp³-hybridized carbons (Fsp3) is 0.708. The van der Waals surface area contributed by atoms with E-state index in [0.29, 0.717) is 13.0 Å². The van der Waals surface area contributed by atoms with Crippen LogP contribution in [0.2, 0.25) is 0 Å². The molecule has 204 valence electrons. The standard InChI is InChI=1S/C24H40N4O8/c1-10-11-34-17-13-15(19(30)33-9)12-16(18(17)25-14(2)29)26-20(27-21(31)35-23(3,4)5)28-22(32)36-24(6,7)8/h13,16-18H,10-12H2,1-9H3,(H,25,29)(H2,26,27,28,31,32)/t16-,17+,18+/m0/s1. The van der Waals surface area contributed by atoms with Crippen LogP contribution in [-0.4, -0.2) is 73.1 Å². The molecule has 3 atom stereocenters. The van der Waals surface area contributed by atoms with Crippen molar-refractivity contribution in [3.8, 4) is 0 Å². The lowest BCUT2D eigenvalue weighted by molar-refractivity contribution is -0.136. The second kappa shape index (κ2) is 13.2. The molecular weight excluding hydrogens is 472 g/mol. The zero-order valence-corrected chi connectivity index (χ0v) is 22.6. The molecule has 0 unspecified atom stereocenters. The van der Waals surface area contributed by atoms with Gasteiger partial charge in [-0.15, -0.1) is 0 Å². The number of nitrogens with one attached hydrogen (secondary N) is 3. The van der Waals surface area contributed by atoms with Crippen molar-refractivity contribution in [1.29, 1.82) is 0 Å².